The first-order valence-corrected chi connectivity index (χ1v) is 9.11. The van der Waals surface area contributed by atoms with E-state index < -0.39 is 0 Å². The summed E-state index contributed by atoms with van der Waals surface area (Å²) in [6.07, 6.45) is 3.33. The molecule has 3 heterocycles. The summed E-state index contributed by atoms with van der Waals surface area (Å²) in [6, 6.07) is -0.268. The van der Waals surface area contributed by atoms with Crippen molar-refractivity contribution in [1.82, 2.24) is 25.2 Å². The predicted octanol–water partition coefficient (Wildman–Crippen LogP) is 2.51. The molecule has 1 aliphatic heterocycles. The lowest BCUT2D eigenvalue weighted by atomic mass is 10.2. The Balaban J connectivity index is 1.47. The molecule has 1 atom stereocenters. The molecule has 1 aliphatic rings. The number of hydrogen-bond donors (Lipinski definition) is 2. The largest absolute Gasteiger partial charge is 0.368 e. The van der Waals surface area contributed by atoms with Crippen LogP contribution < -0.4 is 10.6 Å². The van der Waals surface area contributed by atoms with Crippen molar-refractivity contribution in [2.24, 2.45) is 0 Å². The number of hydrogen-bond acceptors (Lipinski definition) is 6. The van der Waals surface area contributed by atoms with Gasteiger partial charge < -0.3 is 19.9 Å². The van der Waals surface area contributed by atoms with Crippen LogP contribution in [0.25, 0.3) is 0 Å². The molecule has 3 rings (SSSR count). The minimum Gasteiger partial charge on any atom is -0.368 e. The smallest absolute Gasteiger partial charge is 0.319 e. The molecule has 0 saturated carbocycles. The minimum absolute atomic E-state index is 0.0851. The Morgan fingerprint density at radius 2 is 2.23 bits per heavy atom. The van der Waals surface area contributed by atoms with Crippen LogP contribution in [-0.4, -0.2) is 39.1 Å². The quantitative estimate of drug-likeness (QED) is 0.784. The minimum atomic E-state index is -0.268. The molecule has 0 radical (unpaired) electrons. The number of urea groups is 1. The molecule has 9 nitrogen and oxygen atoms in total. The van der Waals surface area contributed by atoms with Gasteiger partial charge in [-0.05, 0) is 33.1 Å². The lowest BCUT2D eigenvalue weighted by Gasteiger charge is -2.07. The Morgan fingerprint density at radius 3 is 2.96 bits per heavy atom. The van der Waals surface area contributed by atoms with Gasteiger partial charge in [0.15, 0.2) is 5.82 Å². The van der Waals surface area contributed by atoms with E-state index in [-0.39, 0.29) is 12.1 Å². The lowest BCUT2D eigenvalue weighted by Crippen LogP contribution is -2.31. The lowest BCUT2D eigenvalue weighted by molar-refractivity contribution is 0.0835. The maximum Gasteiger partial charge on any atom is 0.319 e. The second-order valence-corrected chi connectivity index (χ2v) is 6.45. The van der Waals surface area contributed by atoms with Gasteiger partial charge >= 0.3 is 6.03 Å². The molecule has 9 heteroatoms. The molecule has 0 unspecified atom stereocenters. The Kier molecular flexibility index (Phi) is 5.87. The van der Waals surface area contributed by atoms with Crippen molar-refractivity contribution in [3.05, 3.63) is 23.1 Å². The standard InChI is InChI=1S/C17H26N6O3/c1-4-9-23-12(3)15(11(2)21-23)20-17(24)18-8-7-14-19-16(26-22-14)13-6-5-10-25-13/h13H,4-10H2,1-3H3,(H2,18,20,24)/t13-/m0/s1. The van der Waals surface area contributed by atoms with E-state index in [0.717, 1.165) is 49.5 Å². The van der Waals surface area contributed by atoms with E-state index in [9.17, 15) is 4.79 Å². The molecular weight excluding hydrogens is 336 g/mol. The van der Waals surface area contributed by atoms with Gasteiger partial charge in [0.1, 0.15) is 6.10 Å². The summed E-state index contributed by atoms with van der Waals surface area (Å²) in [5.74, 6) is 1.09. The van der Waals surface area contributed by atoms with E-state index in [1.807, 2.05) is 18.5 Å². The van der Waals surface area contributed by atoms with Crippen LogP contribution in [-0.2, 0) is 17.7 Å². The monoisotopic (exact) mass is 362 g/mol. The Bertz CT molecular complexity index is 748. The summed E-state index contributed by atoms with van der Waals surface area (Å²) in [5.41, 5.74) is 2.53. The van der Waals surface area contributed by atoms with E-state index in [0.29, 0.717) is 24.7 Å². The summed E-state index contributed by atoms with van der Waals surface area (Å²) < 4.78 is 12.7. The molecule has 0 aliphatic carbocycles. The van der Waals surface area contributed by atoms with Gasteiger partial charge in [-0.25, -0.2) is 4.79 Å². The molecule has 1 fully saturated rings. The van der Waals surface area contributed by atoms with Crippen LogP contribution in [0, 0.1) is 13.8 Å². The fourth-order valence-corrected chi connectivity index (χ4v) is 3.03. The van der Waals surface area contributed by atoms with Gasteiger partial charge in [0.05, 0.1) is 17.1 Å². The molecule has 2 aromatic rings. The summed E-state index contributed by atoms with van der Waals surface area (Å²) >= 11 is 0. The van der Waals surface area contributed by atoms with Gasteiger partial charge in [0.2, 0.25) is 0 Å². The number of amides is 2. The van der Waals surface area contributed by atoms with Gasteiger partial charge in [-0.3, -0.25) is 4.68 Å². The second-order valence-electron chi connectivity index (χ2n) is 6.45. The molecule has 26 heavy (non-hydrogen) atoms. The number of rotatable bonds is 7. The van der Waals surface area contributed by atoms with E-state index in [1.165, 1.54) is 0 Å². The molecule has 2 amide bonds. The fraction of sp³-hybridized carbons (Fsp3) is 0.647. The first-order valence-electron chi connectivity index (χ1n) is 9.11. The summed E-state index contributed by atoms with van der Waals surface area (Å²) in [7, 11) is 0. The van der Waals surface area contributed by atoms with Crippen molar-refractivity contribution in [2.75, 3.05) is 18.5 Å². The van der Waals surface area contributed by atoms with Crippen molar-refractivity contribution < 1.29 is 14.1 Å². The first kappa shape index (κ1) is 18.4. The van der Waals surface area contributed by atoms with Crippen LogP contribution in [0.3, 0.4) is 0 Å². The van der Waals surface area contributed by atoms with E-state index in [1.54, 1.807) is 0 Å². The highest BCUT2D eigenvalue weighted by molar-refractivity contribution is 5.90. The van der Waals surface area contributed by atoms with E-state index >= 15 is 0 Å². The molecule has 0 bridgehead atoms. The zero-order valence-electron chi connectivity index (χ0n) is 15.5. The number of anilines is 1. The highest BCUT2D eigenvalue weighted by Gasteiger charge is 2.23. The summed E-state index contributed by atoms with van der Waals surface area (Å²) in [5, 5.41) is 14.1. The van der Waals surface area contributed by atoms with Crippen molar-refractivity contribution >= 4 is 11.7 Å². The van der Waals surface area contributed by atoms with Crippen LogP contribution in [0.15, 0.2) is 4.52 Å². The molecule has 0 aromatic carbocycles. The third-order valence-corrected chi connectivity index (χ3v) is 4.38. The average Bonchev–Trinajstić information content (AvgIpc) is 3.33. The Morgan fingerprint density at radius 1 is 1.38 bits per heavy atom. The molecule has 2 aromatic heterocycles. The highest BCUT2D eigenvalue weighted by atomic mass is 16.5. The van der Waals surface area contributed by atoms with Gasteiger partial charge in [-0.15, -0.1) is 0 Å². The van der Waals surface area contributed by atoms with Crippen molar-refractivity contribution in [3.63, 3.8) is 0 Å². The molecule has 2 N–H and O–H groups in total. The number of aryl methyl sites for hydroxylation is 2. The van der Waals surface area contributed by atoms with Crippen molar-refractivity contribution in [2.45, 2.75) is 59.1 Å². The molecule has 1 saturated heterocycles. The molecule has 142 valence electrons. The maximum absolute atomic E-state index is 12.1. The van der Waals surface area contributed by atoms with E-state index in [2.05, 4.69) is 32.8 Å². The fourth-order valence-electron chi connectivity index (χ4n) is 3.03. The number of carbonyl (C=O) groups excluding carboxylic acids is 1. The van der Waals surface area contributed by atoms with Crippen molar-refractivity contribution in [3.8, 4) is 0 Å². The third kappa shape index (κ3) is 4.21. The zero-order chi connectivity index (χ0) is 18.5. The first-order chi connectivity index (χ1) is 12.6. The number of ether oxygens (including phenoxy) is 1. The number of carbonyl (C=O) groups is 1. The third-order valence-electron chi connectivity index (χ3n) is 4.38. The predicted molar refractivity (Wildman–Crippen MR) is 94.9 cm³/mol. The second kappa shape index (κ2) is 8.31. The Labute approximate surface area is 152 Å². The van der Waals surface area contributed by atoms with Gasteiger partial charge in [0.25, 0.3) is 5.89 Å². The SMILES string of the molecule is CCCn1nc(C)c(NC(=O)NCCc2noc([C@@H]3CCCO3)n2)c1C. The molecular formula is C17H26N6O3. The maximum atomic E-state index is 12.1. The van der Waals surface area contributed by atoms with Crippen molar-refractivity contribution in [1.29, 1.82) is 0 Å². The van der Waals surface area contributed by atoms with Gasteiger partial charge in [0, 0.05) is 26.1 Å². The van der Waals surface area contributed by atoms with Crippen LogP contribution in [0.5, 0.6) is 0 Å². The van der Waals surface area contributed by atoms with Crippen LogP contribution in [0.2, 0.25) is 0 Å². The number of nitrogens with zero attached hydrogens (tertiary/aromatic N) is 4. The average molecular weight is 362 g/mol. The zero-order valence-corrected chi connectivity index (χ0v) is 15.5. The highest BCUT2D eigenvalue weighted by Crippen LogP contribution is 2.26. The summed E-state index contributed by atoms with van der Waals surface area (Å²) in [4.78, 5) is 16.5. The van der Waals surface area contributed by atoms with Gasteiger partial charge in [-0.1, -0.05) is 12.1 Å². The number of nitrogens with one attached hydrogen (secondary N) is 2. The Hall–Kier alpha value is -2.42. The van der Waals surface area contributed by atoms with Crippen LogP contribution >= 0.6 is 0 Å². The van der Waals surface area contributed by atoms with Crippen LogP contribution in [0.1, 0.15) is 55.4 Å². The van der Waals surface area contributed by atoms with E-state index in [4.69, 9.17) is 9.26 Å². The topological polar surface area (TPSA) is 107 Å². The number of aromatic nitrogens is 4. The van der Waals surface area contributed by atoms with Crippen LogP contribution in [0.4, 0.5) is 10.5 Å². The van der Waals surface area contributed by atoms with Gasteiger partial charge in [-0.2, -0.15) is 10.1 Å². The normalized spacial score (nSPS) is 16.8. The molecule has 0 spiro atoms. The summed E-state index contributed by atoms with van der Waals surface area (Å²) in [6.45, 7) is 7.92.